The van der Waals surface area contributed by atoms with Gasteiger partial charge in [0.1, 0.15) is 0 Å². The quantitative estimate of drug-likeness (QED) is 0.653. The van der Waals surface area contributed by atoms with Crippen LogP contribution in [0, 0.1) is 6.92 Å². The van der Waals surface area contributed by atoms with Gasteiger partial charge in [-0.2, -0.15) is 0 Å². The van der Waals surface area contributed by atoms with Gasteiger partial charge in [-0.1, -0.05) is 46.3 Å². The molecule has 1 aromatic heterocycles. The minimum absolute atomic E-state index is 0.904. The van der Waals surface area contributed by atoms with Crippen molar-refractivity contribution < 1.29 is 0 Å². The molecule has 2 nitrogen and oxygen atoms in total. The summed E-state index contributed by atoms with van der Waals surface area (Å²) < 4.78 is 1.13. The number of halogens is 1. The fourth-order valence-corrected chi connectivity index (χ4v) is 3.20. The second kappa shape index (κ2) is 6.46. The van der Waals surface area contributed by atoms with E-state index in [-0.39, 0.29) is 0 Å². The van der Waals surface area contributed by atoms with Crippen LogP contribution in [0.15, 0.2) is 53.0 Å². The minimum Gasteiger partial charge on any atom is -0.358 e. The molecule has 0 atom stereocenters. The highest BCUT2D eigenvalue weighted by atomic mass is 79.9. The second-order valence-electron chi connectivity index (χ2n) is 5.33. The van der Waals surface area contributed by atoms with Crippen LogP contribution in [0.2, 0.25) is 0 Å². The molecular formula is C18H19BrN2. The maximum atomic E-state index is 3.52. The summed E-state index contributed by atoms with van der Waals surface area (Å²) in [4.78, 5) is 3.46. The Morgan fingerprint density at radius 3 is 2.81 bits per heavy atom. The zero-order valence-electron chi connectivity index (χ0n) is 12.1. The van der Waals surface area contributed by atoms with Gasteiger partial charge in [-0.25, -0.2) is 0 Å². The molecule has 3 aromatic rings. The fourth-order valence-electron chi connectivity index (χ4n) is 2.75. The van der Waals surface area contributed by atoms with Crippen molar-refractivity contribution in [3.05, 3.63) is 69.8 Å². The molecule has 0 unspecified atom stereocenters. The largest absolute Gasteiger partial charge is 0.358 e. The minimum atomic E-state index is 0.904. The summed E-state index contributed by atoms with van der Waals surface area (Å²) in [6.07, 6.45) is 1.05. The third-order valence-corrected chi connectivity index (χ3v) is 4.29. The fraction of sp³-hybridized carbons (Fsp3) is 0.222. The van der Waals surface area contributed by atoms with E-state index in [2.05, 4.69) is 81.7 Å². The van der Waals surface area contributed by atoms with E-state index in [0.29, 0.717) is 0 Å². The van der Waals surface area contributed by atoms with Gasteiger partial charge in [0.25, 0.3) is 0 Å². The van der Waals surface area contributed by atoms with Gasteiger partial charge in [-0.15, -0.1) is 0 Å². The summed E-state index contributed by atoms with van der Waals surface area (Å²) in [6, 6.07) is 17.0. The van der Waals surface area contributed by atoms with Gasteiger partial charge in [-0.3, -0.25) is 0 Å². The Kier molecular flexibility index (Phi) is 4.42. The lowest BCUT2D eigenvalue weighted by Crippen LogP contribution is -2.16. The van der Waals surface area contributed by atoms with Crippen molar-refractivity contribution in [2.45, 2.75) is 19.9 Å². The van der Waals surface area contributed by atoms with Crippen molar-refractivity contribution in [3.8, 4) is 0 Å². The van der Waals surface area contributed by atoms with E-state index in [0.717, 1.165) is 24.0 Å². The monoisotopic (exact) mass is 342 g/mol. The summed E-state index contributed by atoms with van der Waals surface area (Å²) in [5.74, 6) is 0. The smallest absolute Gasteiger partial charge is 0.0458 e. The zero-order valence-corrected chi connectivity index (χ0v) is 13.7. The molecule has 0 saturated carbocycles. The van der Waals surface area contributed by atoms with E-state index in [1.165, 1.54) is 27.7 Å². The molecule has 0 saturated heterocycles. The Balaban J connectivity index is 1.61. The van der Waals surface area contributed by atoms with Crippen molar-refractivity contribution in [2.75, 3.05) is 6.54 Å². The first-order chi connectivity index (χ1) is 10.2. The number of nitrogens with one attached hydrogen (secondary N) is 2. The van der Waals surface area contributed by atoms with E-state index >= 15 is 0 Å². The highest BCUT2D eigenvalue weighted by Crippen LogP contribution is 2.22. The maximum absolute atomic E-state index is 3.52. The Hall–Kier alpha value is -1.58. The third kappa shape index (κ3) is 3.36. The maximum Gasteiger partial charge on any atom is 0.0458 e. The average Bonchev–Trinajstić information content (AvgIpc) is 2.79. The molecular weight excluding hydrogens is 324 g/mol. The SMILES string of the molecule is Cc1[nH]c2ccccc2c1CCNCc1cccc(Br)c1. The predicted molar refractivity (Wildman–Crippen MR) is 92.6 cm³/mol. The van der Waals surface area contributed by atoms with Gasteiger partial charge < -0.3 is 10.3 Å². The molecule has 2 aromatic carbocycles. The molecule has 3 heteroatoms. The Morgan fingerprint density at radius 1 is 1.10 bits per heavy atom. The number of hydrogen-bond acceptors (Lipinski definition) is 1. The second-order valence-corrected chi connectivity index (χ2v) is 6.25. The molecule has 0 amide bonds. The highest BCUT2D eigenvalue weighted by molar-refractivity contribution is 9.10. The molecule has 108 valence electrons. The van der Waals surface area contributed by atoms with E-state index in [1.54, 1.807) is 0 Å². The van der Waals surface area contributed by atoms with Crippen LogP contribution in [0.3, 0.4) is 0 Å². The van der Waals surface area contributed by atoms with Gasteiger partial charge >= 0.3 is 0 Å². The first kappa shape index (κ1) is 14.4. The molecule has 0 bridgehead atoms. The van der Waals surface area contributed by atoms with Crippen molar-refractivity contribution in [1.82, 2.24) is 10.3 Å². The Morgan fingerprint density at radius 2 is 1.95 bits per heavy atom. The van der Waals surface area contributed by atoms with Crippen LogP contribution in [0.5, 0.6) is 0 Å². The van der Waals surface area contributed by atoms with Crippen LogP contribution in [0.4, 0.5) is 0 Å². The molecule has 0 aliphatic rings. The van der Waals surface area contributed by atoms with Gasteiger partial charge in [-0.05, 0) is 49.2 Å². The average molecular weight is 343 g/mol. The summed E-state index contributed by atoms with van der Waals surface area (Å²) in [7, 11) is 0. The number of hydrogen-bond donors (Lipinski definition) is 2. The number of aryl methyl sites for hydroxylation is 1. The molecule has 1 heterocycles. The molecule has 0 radical (unpaired) electrons. The molecule has 21 heavy (non-hydrogen) atoms. The lowest BCUT2D eigenvalue weighted by molar-refractivity contribution is 0.687. The van der Waals surface area contributed by atoms with Crippen LogP contribution < -0.4 is 5.32 Å². The van der Waals surface area contributed by atoms with E-state index in [1.807, 2.05) is 0 Å². The van der Waals surface area contributed by atoms with Crippen LogP contribution >= 0.6 is 15.9 Å². The van der Waals surface area contributed by atoms with Crippen molar-refractivity contribution in [2.24, 2.45) is 0 Å². The Labute approximate surface area is 133 Å². The summed E-state index contributed by atoms with van der Waals surface area (Å²) in [5, 5.41) is 4.87. The number of para-hydroxylation sites is 1. The topological polar surface area (TPSA) is 27.8 Å². The van der Waals surface area contributed by atoms with Crippen LogP contribution in [0.1, 0.15) is 16.8 Å². The van der Waals surface area contributed by atoms with E-state index in [9.17, 15) is 0 Å². The third-order valence-electron chi connectivity index (χ3n) is 3.80. The Bertz CT molecular complexity index is 746. The first-order valence-corrected chi connectivity index (χ1v) is 8.04. The van der Waals surface area contributed by atoms with E-state index in [4.69, 9.17) is 0 Å². The predicted octanol–water partition coefficient (Wildman–Crippen LogP) is 4.57. The summed E-state index contributed by atoms with van der Waals surface area (Å²) in [6.45, 7) is 4.04. The lowest BCUT2D eigenvalue weighted by atomic mass is 10.1. The van der Waals surface area contributed by atoms with Gasteiger partial charge in [0, 0.05) is 27.6 Å². The van der Waals surface area contributed by atoms with Crippen LogP contribution in [-0.2, 0) is 13.0 Å². The molecule has 3 rings (SSSR count). The van der Waals surface area contributed by atoms with Gasteiger partial charge in [0.15, 0.2) is 0 Å². The van der Waals surface area contributed by atoms with Gasteiger partial charge in [0.2, 0.25) is 0 Å². The number of aromatic amines is 1. The van der Waals surface area contributed by atoms with E-state index < -0.39 is 0 Å². The molecule has 0 aliphatic heterocycles. The molecule has 2 N–H and O–H groups in total. The number of H-pyrrole nitrogens is 1. The molecule has 0 aliphatic carbocycles. The summed E-state index contributed by atoms with van der Waals surface area (Å²) >= 11 is 3.51. The molecule has 0 fully saturated rings. The number of fused-ring (bicyclic) bond motifs is 1. The van der Waals surface area contributed by atoms with Crippen molar-refractivity contribution in [1.29, 1.82) is 0 Å². The number of rotatable bonds is 5. The normalized spacial score (nSPS) is 11.1. The van der Waals surface area contributed by atoms with Crippen molar-refractivity contribution in [3.63, 3.8) is 0 Å². The standard InChI is InChI=1S/C18H19BrN2/c1-13-16(17-7-2-3-8-18(17)21-13)9-10-20-12-14-5-4-6-15(19)11-14/h2-8,11,20-21H,9-10,12H2,1H3. The first-order valence-electron chi connectivity index (χ1n) is 7.25. The zero-order chi connectivity index (χ0) is 14.7. The van der Waals surface area contributed by atoms with Crippen LogP contribution in [0.25, 0.3) is 10.9 Å². The highest BCUT2D eigenvalue weighted by Gasteiger charge is 2.06. The molecule has 0 spiro atoms. The number of benzene rings is 2. The lowest BCUT2D eigenvalue weighted by Gasteiger charge is -2.06. The van der Waals surface area contributed by atoms with Crippen LogP contribution in [-0.4, -0.2) is 11.5 Å². The summed E-state index contributed by atoms with van der Waals surface area (Å²) in [5.41, 5.74) is 5.24. The van der Waals surface area contributed by atoms with Gasteiger partial charge in [0.05, 0.1) is 0 Å². The number of aromatic nitrogens is 1. The van der Waals surface area contributed by atoms with Crippen molar-refractivity contribution >= 4 is 26.8 Å².